The van der Waals surface area contributed by atoms with Crippen LogP contribution in [0.4, 0.5) is 11.4 Å². The third kappa shape index (κ3) is 3.35. The van der Waals surface area contributed by atoms with E-state index < -0.39 is 0 Å². The quantitative estimate of drug-likeness (QED) is 0.768. The molecule has 26 heavy (non-hydrogen) atoms. The largest absolute Gasteiger partial charge is 0.377 e. The highest BCUT2D eigenvalue weighted by atomic mass is 16.2. The molecule has 0 fully saturated rings. The van der Waals surface area contributed by atoms with Crippen molar-refractivity contribution in [2.24, 2.45) is 7.05 Å². The minimum absolute atomic E-state index is 0.106. The average molecular weight is 352 g/mol. The predicted octanol–water partition coefficient (Wildman–Crippen LogP) is 2.74. The Morgan fingerprint density at radius 3 is 2.46 bits per heavy atom. The third-order valence-corrected chi connectivity index (χ3v) is 4.58. The lowest BCUT2D eigenvalue weighted by Gasteiger charge is -2.16. The van der Waals surface area contributed by atoms with Gasteiger partial charge in [0.05, 0.1) is 11.0 Å². The Labute approximate surface area is 152 Å². The van der Waals surface area contributed by atoms with Gasteiger partial charge in [0.15, 0.2) is 0 Å². The fraction of sp³-hybridized carbons (Fsp3) is 0.300. The number of rotatable bonds is 5. The molecule has 1 aromatic heterocycles. The highest BCUT2D eigenvalue weighted by molar-refractivity contribution is 5.91. The van der Waals surface area contributed by atoms with Crippen molar-refractivity contribution in [2.75, 3.05) is 24.3 Å². The molecule has 3 rings (SSSR count). The van der Waals surface area contributed by atoms with E-state index in [-0.39, 0.29) is 18.0 Å². The molecule has 6 nitrogen and oxygen atoms in total. The van der Waals surface area contributed by atoms with Crippen LogP contribution in [0.25, 0.3) is 11.0 Å². The summed E-state index contributed by atoms with van der Waals surface area (Å²) in [6.07, 6.45) is 0.238. The molecule has 0 radical (unpaired) electrons. The maximum atomic E-state index is 12.4. The zero-order valence-corrected chi connectivity index (χ0v) is 15.6. The second-order valence-corrected chi connectivity index (χ2v) is 6.68. The molecule has 6 heteroatoms. The van der Waals surface area contributed by atoms with Crippen LogP contribution < -0.4 is 15.9 Å². The van der Waals surface area contributed by atoms with E-state index in [9.17, 15) is 9.59 Å². The van der Waals surface area contributed by atoms with Gasteiger partial charge in [0.25, 0.3) is 0 Å². The van der Waals surface area contributed by atoms with Crippen LogP contribution in [0.1, 0.15) is 12.0 Å². The predicted molar refractivity (Wildman–Crippen MR) is 106 cm³/mol. The van der Waals surface area contributed by atoms with E-state index in [2.05, 4.69) is 5.32 Å². The summed E-state index contributed by atoms with van der Waals surface area (Å²) >= 11 is 0. The lowest BCUT2D eigenvalue weighted by atomic mass is 10.1. The van der Waals surface area contributed by atoms with Gasteiger partial charge in [-0.2, -0.15) is 0 Å². The van der Waals surface area contributed by atoms with Gasteiger partial charge >= 0.3 is 5.69 Å². The number of imidazole rings is 1. The molecule has 0 saturated carbocycles. The lowest BCUT2D eigenvalue weighted by molar-refractivity contribution is -0.116. The minimum Gasteiger partial charge on any atom is -0.377 e. The summed E-state index contributed by atoms with van der Waals surface area (Å²) in [5.41, 5.74) is 4.59. The maximum absolute atomic E-state index is 12.4. The molecule has 0 atom stereocenters. The number of hydrogen-bond acceptors (Lipinski definition) is 3. The van der Waals surface area contributed by atoms with Crippen LogP contribution in [0.5, 0.6) is 0 Å². The Morgan fingerprint density at radius 2 is 1.81 bits per heavy atom. The Morgan fingerprint density at radius 1 is 1.12 bits per heavy atom. The molecule has 2 aromatic carbocycles. The van der Waals surface area contributed by atoms with Gasteiger partial charge in [-0.1, -0.05) is 12.1 Å². The zero-order valence-electron chi connectivity index (χ0n) is 15.6. The topological polar surface area (TPSA) is 59.3 Å². The van der Waals surface area contributed by atoms with Gasteiger partial charge in [-0.15, -0.1) is 0 Å². The summed E-state index contributed by atoms with van der Waals surface area (Å²) < 4.78 is 3.26. The van der Waals surface area contributed by atoms with Gasteiger partial charge in [-0.05, 0) is 42.8 Å². The highest BCUT2D eigenvalue weighted by Gasteiger charge is 2.12. The molecule has 1 heterocycles. The van der Waals surface area contributed by atoms with E-state index in [1.807, 2.05) is 68.4 Å². The summed E-state index contributed by atoms with van der Waals surface area (Å²) in [7, 11) is 5.72. The Hall–Kier alpha value is -3.02. The van der Waals surface area contributed by atoms with Gasteiger partial charge in [0.1, 0.15) is 0 Å². The van der Waals surface area contributed by atoms with Crippen molar-refractivity contribution in [3.63, 3.8) is 0 Å². The van der Waals surface area contributed by atoms with Crippen molar-refractivity contribution >= 4 is 28.3 Å². The number of benzene rings is 2. The molecule has 0 bridgehead atoms. The molecule has 0 saturated heterocycles. The smallest absolute Gasteiger partial charge is 0.328 e. The van der Waals surface area contributed by atoms with Crippen molar-refractivity contribution in [1.82, 2.24) is 9.13 Å². The number of amides is 1. The Kier molecular flexibility index (Phi) is 4.84. The number of anilines is 2. The van der Waals surface area contributed by atoms with Gasteiger partial charge in [0.2, 0.25) is 5.91 Å². The van der Waals surface area contributed by atoms with Crippen LogP contribution >= 0.6 is 0 Å². The zero-order chi connectivity index (χ0) is 18.8. The van der Waals surface area contributed by atoms with Crippen molar-refractivity contribution in [3.05, 3.63) is 58.5 Å². The monoisotopic (exact) mass is 352 g/mol. The average Bonchev–Trinajstić information content (AvgIpc) is 2.84. The van der Waals surface area contributed by atoms with Gasteiger partial charge < -0.3 is 10.2 Å². The Balaban J connectivity index is 1.71. The molecule has 0 aliphatic carbocycles. The molecule has 3 aromatic rings. The number of aryl methyl sites for hydroxylation is 3. The third-order valence-electron chi connectivity index (χ3n) is 4.58. The van der Waals surface area contributed by atoms with Gasteiger partial charge in [-0.25, -0.2) is 4.79 Å². The molecule has 1 N–H and O–H groups in total. The van der Waals surface area contributed by atoms with E-state index in [0.717, 1.165) is 28.0 Å². The molecule has 0 aliphatic rings. The molecule has 136 valence electrons. The molecule has 1 amide bonds. The molecule has 0 unspecified atom stereocenters. The van der Waals surface area contributed by atoms with Crippen LogP contribution in [0.2, 0.25) is 0 Å². The van der Waals surface area contributed by atoms with Gasteiger partial charge in [0, 0.05) is 45.5 Å². The second-order valence-electron chi connectivity index (χ2n) is 6.68. The number of para-hydroxylation sites is 2. The van der Waals surface area contributed by atoms with Crippen LogP contribution in [0, 0.1) is 6.92 Å². The summed E-state index contributed by atoms with van der Waals surface area (Å²) in [5.74, 6) is -0.109. The summed E-state index contributed by atoms with van der Waals surface area (Å²) in [4.78, 5) is 26.8. The first-order chi connectivity index (χ1) is 12.4. The fourth-order valence-corrected chi connectivity index (χ4v) is 3.25. The van der Waals surface area contributed by atoms with Crippen molar-refractivity contribution in [2.45, 2.75) is 19.9 Å². The SMILES string of the molecule is Cc1cc(NC(=O)CCn2c(=O)n(C)c3ccccc32)ccc1N(C)C. The summed E-state index contributed by atoms with van der Waals surface area (Å²) in [6.45, 7) is 2.36. The molecular weight excluding hydrogens is 328 g/mol. The Bertz CT molecular complexity index is 1010. The molecular formula is C20H24N4O2. The van der Waals surface area contributed by atoms with Crippen molar-refractivity contribution in [3.8, 4) is 0 Å². The van der Waals surface area contributed by atoms with E-state index in [0.29, 0.717) is 6.54 Å². The van der Waals surface area contributed by atoms with Crippen LogP contribution in [-0.2, 0) is 18.4 Å². The van der Waals surface area contributed by atoms with E-state index in [1.54, 1.807) is 16.2 Å². The standard InChI is InChI=1S/C20H24N4O2/c1-14-13-15(9-10-16(14)22(2)3)21-19(25)11-12-24-18-8-6-5-7-17(18)23(4)20(24)26/h5-10,13H,11-12H2,1-4H3,(H,21,25). The fourth-order valence-electron chi connectivity index (χ4n) is 3.25. The van der Waals surface area contributed by atoms with E-state index >= 15 is 0 Å². The molecule has 0 spiro atoms. The van der Waals surface area contributed by atoms with Crippen molar-refractivity contribution < 1.29 is 4.79 Å². The van der Waals surface area contributed by atoms with Crippen LogP contribution in [0.3, 0.4) is 0 Å². The number of nitrogens with one attached hydrogen (secondary N) is 1. The van der Waals surface area contributed by atoms with Gasteiger partial charge in [-0.3, -0.25) is 13.9 Å². The lowest BCUT2D eigenvalue weighted by Crippen LogP contribution is -2.24. The first-order valence-electron chi connectivity index (χ1n) is 8.60. The molecule has 0 aliphatic heterocycles. The maximum Gasteiger partial charge on any atom is 0.328 e. The second kappa shape index (κ2) is 7.07. The number of nitrogens with zero attached hydrogens (tertiary/aromatic N) is 3. The number of carbonyl (C=O) groups excluding carboxylic acids is 1. The number of fused-ring (bicyclic) bond motifs is 1. The number of hydrogen-bond donors (Lipinski definition) is 1. The van der Waals surface area contributed by atoms with Crippen LogP contribution in [0.15, 0.2) is 47.3 Å². The summed E-state index contributed by atoms with van der Waals surface area (Å²) in [6, 6.07) is 13.4. The first kappa shape index (κ1) is 17.8. The first-order valence-corrected chi connectivity index (χ1v) is 8.60. The van der Waals surface area contributed by atoms with E-state index in [1.165, 1.54) is 0 Å². The summed E-state index contributed by atoms with van der Waals surface area (Å²) in [5, 5.41) is 2.91. The highest BCUT2D eigenvalue weighted by Crippen LogP contribution is 2.22. The van der Waals surface area contributed by atoms with Crippen LogP contribution in [-0.4, -0.2) is 29.1 Å². The number of carbonyl (C=O) groups is 1. The van der Waals surface area contributed by atoms with E-state index in [4.69, 9.17) is 0 Å². The minimum atomic E-state index is -0.109. The number of aromatic nitrogens is 2. The normalized spacial score (nSPS) is 10.9. The van der Waals surface area contributed by atoms with Crippen molar-refractivity contribution in [1.29, 1.82) is 0 Å².